The molecule has 0 spiro atoms. The van der Waals surface area contributed by atoms with Crippen LogP contribution in [-0.4, -0.2) is 17.1 Å². The molecule has 0 saturated carbocycles. The highest BCUT2D eigenvalue weighted by Crippen LogP contribution is 2.28. The molecule has 2 rings (SSSR count). The summed E-state index contributed by atoms with van der Waals surface area (Å²) in [5, 5.41) is 11.6. The third-order valence-electron chi connectivity index (χ3n) is 2.78. The first-order valence-electron chi connectivity index (χ1n) is 5.01. The monoisotopic (exact) mass is 227 g/mol. The first kappa shape index (κ1) is 11.0. The van der Waals surface area contributed by atoms with E-state index in [2.05, 4.69) is 5.32 Å². The average Bonchev–Trinajstić information content (AvgIpc) is 2.66. The molecule has 1 aliphatic rings. The Labute approximate surface area is 91.1 Å². The average molecular weight is 227 g/mol. The van der Waals surface area contributed by atoms with Crippen molar-refractivity contribution in [2.45, 2.75) is 24.9 Å². The molecule has 0 aromatic heterocycles. The maximum absolute atomic E-state index is 13.4. The summed E-state index contributed by atoms with van der Waals surface area (Å²) in [4.78, 5) is 10.7. The Morgan fingerprint density at radius 3 is 2.69 bits per heavy atom. The summed E-state index contributed by atoms with van der Waals surface area (Å²) < 4.78 is 26.1. The Balaban J connectivity index is 2.17. The van der Waals surface area contributed by atoms with E-state index in [1.165, 1.54) is 12.1 Å². The second-order valence-electron chi connectivity index (χ2n) is 3.85. The summed E-state index contributed by atoms with van der Waals surface area (Å²) >= 11 is 0. The van der Waals surface area contributed by atoms with Gasteiger partial charge in [-0.15, -0.1) is 0 Å². The summed E-state index contributed by atoms with van der Waals surface area (Å²) in [5.41, 5.74) is 0.324. The van der Waals surface area contributed by atoms with Crippen LogP contribution in [0.25, 0.3) is 0 Å². The second-order valence-corrected chi connectivity index (χ2v) is 3.85. The third kappa shape index (κ3) is 2.04. The zero-order valence-corrected chi connectivity index (χ0v) is 8.41. The van der Waals surface area contributed by atoms with Gasteiger partial charge in [-0.1, -0.05) is 6.07 Å². The number of benzene rings is 1. The van der Waals surface area contributed by atoms with Gasteiger partial charge in [-0.05, 0) is 18.9 Å². The molecule has 5 heteroatoms. The Morgan fingerprint density at radius 1 is 1.38 bits per heavy atom. The minimum absolute atomic E-state index is 0.324. The molecule has 0 amide bonds. The molecule has 0 radical (unpaired) electrons. The van der Waals surface area contributed by atoms with Gasteiger partial charge in [0.05, 0.1) is 0 Å². The van der Waals surface area contributed by atoms with Gasteiger partial charge in [0.1, 0.15) is 17.7 Å². The third-order valence-corrected chi connectivity index (χ3v) is 2.78. The number of carboxylic acid groups (broad SMARTS) is 1. The van der Waals surface area contributed by atoms with Gasteiger partial charge in [-0.3, -0.25) is 10.1 Å². The Bertz CT molecular complexity index is 422. The van der Waals surface area contributed by atoms with Crippen LogP contribution in [0.5, 0.6) is 0 Å². The van der Waals surface area contributed by atoms with Gasteiger partial charge in [0.2, 0.25) is 0 Å². The van der Waals surface area contributed by atoms with Crippen LogP contribution >= 0.6 is 0 Å². The van der Waals surface area contributed by atoms with Gasteiger partial charge < -0.3 is 5.11 Å². The van der Waals surface area contributed by atoms with E-state index in [-0.39, 0.29) is 6.04 Å². The molecule has 1 aliphatic heterocycles. The van der Waals surface area contributed by atoms with Crippen molar-refractivity contribution in [1.82, 2.24) is 5.32 Å². The highest BCUT2D eigenvalue weighted by atomic mass is 19.1. The molecule has 2 N–H and O–H groups in total. The molecule has 1 heterocycles. The zero-order chi connectivity index (χ0) is 11.7. The maximum Gasteiger partial charge on any atom is 0.320 e. The summed E-state index contributed by atoms with van der Waals surface area (Å²) in [6, 6.07) is 2.35. The fourth-order valence-corrected chi connectivity index (χ4v) is 1.97. The number of nitrogens with one attached hydrogen (secondary N) is 1. The Morgan fingerprint density at radius 2 is 2.12 bits per heavy atom. The van der Waals surface area contributed by atoms with Crippen molar-refractivity contribution in [3.8, 4) is 0 Å². The molecule has 16 heavy (non-hydrogen) atoms. The van der Waals surface area contributed by atoms with E-state index in [0.717, 1.165) is 6.07 Å². The lowest BCUT2D eigenvalue weighted by Crippen LogP contribution is -2.32. The van der Waals surface area contributed by atoms with Crippen LogP contribution in [0.4, 0.5) is 8.78 Å². The number of hydrogen-bond acceptors (Lipinski definition) is 2. The molecule has 0 bridgehead atoms. The lowest BCUT2D eigenvalue weighted by Gasteiger charge is -2.13. The lowest BCUT2D eigenvalue weighted by atomic mass is 10.0. The highest BCUT2D eigenvalue weighted by molar-refractivity contribution is 5.73. The summed E-state index contributed by atoms with van der Waals surface area (Å²) in [7, 11) is 0. The van der Waals surface area contributed by atoms with Gasteiger partial charge in [0, 0.05) is 17.7 Å². The number of aliphatic carboxylic acids is 1. The van der Waals surface area contributed by atoms with Crippen molar-refractivity contribution in [2.24, 2.45) is 0 Å². The molecule has 86 valence electrons. The first-order valence-corrected chi connectivity index (χ1v) is 5.01. The number of carboxylic acids is 1. The van der Waals surface area contributed by atoms with Crippen molar-refractivity contribution in [1.29, 1.82) is 0 Å². The van der Waals surface area contributed by atoms with Crippen LogP contribution in [0.15, 0.2) is 18.2 Å². The van der Waals surface area contributed by atoms with Crippen molar-refractivity contribution < 1.29 is 18.7 Å². The Hall–Kier alpha value is -1.49. The highest BCUT2D eigenvalue weighted by Gasteiger charge is 2.30. The zero-order valence-electron chi connectivity index (χ0n) is 8.41. The van der Waals surface area contributed by atoms with Crippen LogP contribution in [0.1, 0.15) is 24.4 Å². The standard InChI is InChI=1S/C11H11F2NO2/c12-6-1-2-7(8(13)5-6)9-3-4-10(14-9)11(15)16/h1-2,5,9-10,14H,3-4H2,(H,15,16)/t9?,10-/m0/s1. The minimum atomic E-state index is -0.940. The van der Waals surface area contributed by atoms with E-state index in [4.69, 9.17) is 5.11 Å². The number of hydrogen-bond donors (Lipinski definition) is 2. The van der Waals surface area contributed by atoms with Crippen molar-refractivity contribution in [2.75, 3.05) is 0 Å². The van der Waals surface area contributed by atoms with Gasteiger partial charge in [0.25, 0.3) is 0 Å². The van der Waals surface area contributed by atoms with Crippen molar-refractivity contribution in [3.05, 3.63) is 35.4 Å². The van der Waals surface area contributed by atoms with Crippen molar-refractivity contribution in [3.63, 3.8) is 0 Å². The topological polar surface area (TPSA) is 49.3 Å². The van der Waals surface area contributed by atoms with Gasteiger partial charge in [-0.2, -0.15) is 0 Å². The largest absolute Gasteiger partial charge is 0.480 e. The van der Waals surface area contributed by atoms with E-state index in [9.17, 15) is 13.6 Å². The number of carbonyl (C=O) groups is 1. The normalized spacial score (nSPS) is 24.6. The van der Waals surface area contributed by atoms with Gasteiger partial charge in [-0.25, -0.2) is 8.78 Å². The fourth-order valence-electron chi connectivity index (χ4n) is 1.97. The molecular formula is C11H11F2NO2. The summed E-state index contributed by atoms with van der Waals surface area (Å²) in [5.74, 6) is -2.21. The minimum Gasteiger partial charge on any atom is -0.480 e. The van der Waals surface area contributed by atoms with Crippen LogP contribution in [0.2, 0.25) is 0 Å². The van der Waals surface area contributed by atoms with Crippen LogP contribution in [0, 0.1) is 11.6 Å². The molecule has 1 saturated heterocycles. The maximum atomic E-state index is 13.4. The summed E-state index contributed by atoms with van der Waals surface area (Å²) in [6.45, 7) is 0. The van der Waals surface area contributed by atoms with Crippen LogP contribution in [-0.2, 0) is 4.79 Å². The smallest absolute Gasteiger partial charge is 0.320 e. The predicted molar refractivity (Wildman–Crippen MR) is 52.9 cm³/mol. The van der Waals surface area contributed by atoms with E-state index in [1.54, 1.807) is 0 Å². The molecule has 3 nitrogen and oxygen atoms in total. The lowest BCUT2D eigenvalue weighted by molar-refractivity contribution is -0.139. The van der Waals surface area contributed by atoms with E-state index >= 15 is 0 Å². The number of rotatable bonds is 2. The molecule has 1 aromatic rings. The second kappa shape index (κ2) is 4.17. The van der Waals surface area contributed by atoms with Gasteiger partial charge in [0.15, 0.2) is 0 Å². The van der Waals surface area contributed by atoms with Crippen molar-refractivity contribution >= 4 is 5.97 Å². The van der Waals surface area contributed by atoms with E-state index < -0.39 is 23.6 Å². The molecular weight excluding hydrogens is 216 g/mol. The number of halogens is 2. The molecule has 0 aliphatic carbocycles. The van der Waals surface area contributed by atoms with Crippen LogP contribution < -0.4 is 5.32 Å². The summed E-state index contributed by atoms with van der Waals surface area (Å²) in [6.07, 6.45) is 0.996. The van der Waals surface area contributed by atoms with E-state index in [1.807, 2.05) is 0 Å². The quantitative estimate of drug-likeness (QED) is 0.810. The predicted octanol–water partition coefficient (Wildman–Crippen LogP) is 1.84. The molecule has 1 fully saturated rings. The molecule has 1 unspecified atom stereocenters. The van der Waals surface area contributed by atoms with Crippen LogP contribution in [0.3, 0.4) is 0 Å². The molecule has 2 atom stereocenters. The fraction of sp³-hybridized carbons (Fsp3) is 0.364. The molecule has 1 aromatic carbocycles. The van der Waals surface area contributed by atoms with E-state index in [0.29, 0.717) is 18.4 Å². The van der Waals surface area contributed by atoms with Gasteiger partial charge >= 0.3 is 5.97 Å². The first-order chi connectivity index (χ1) is 7.58. The Kier molecular flexibility index (Phi) is 2.87. The SMILES string of the molecule is O=C(O)[C@@H]1CCC(c2ccc(F)cc2F)N1.